The summed E-state index contributed by atoms with van der Waals surface area (Å²) in [5, 5.41) is 17.2. The van der Waals surface area contributed by atoms with Gasteiger partial charge in [0, 0.05) is 37.6 Å². The molecular weight excluding hydrogens is 479 g/mol. The third kappa shape index (κ3) is 7.19. The Morgan fingerprint density at radius 3 is 2.08 bits per heavy atom. The summed E-state index contributed by atoms with van der Waals surface area (Å²) in [4.78, 5) is 12.7. The Bertz CT molecular complexity index is 1230. The van der Waals surface area contributed by atoms with Crippen molar-refractivity contribution in [2.75, 3.05) is 19.6 Å². The number of aryl methyl sites for hydroxylation is 1. The van der Waals surface area contributed by atoms with Gasteiger partial charge in [0.2, 0.25) is 0 Å². The molecule has 0 aliphatic rings. The summed E-state index contributed by atoms with van der Waals surface area (Å²) < 4.78 is 40.6. The molecule has 0 saturated carbocycles. The standard InChI is InChI=1S/C28H28F3N5O/c1-19-8-10-20(11-9-19)24-16-21(17-26(36-24)28(29,30)31)25(37)18-32-14-15-35-27(22-6-2-4-12-33-22)23-7-3-5-13-34-23/h2-13,16-17,25,27,32,35,37H,14-15,18H2,1H3/t25-/m0/s1. The highest BCUT2D eigenvalue weighted by molar-refractivity contribution is 5.61. The predicted octanol–water partition coefficient (Wildman–Crippen LogP) is 4.87. The van der Waals surface area contributed by atoms with Gasteiger partial charge in [-0.2, -0.15) is 13.2 Å². The minimum Gasteiger partial charge on any atom is -0.387 e. The van der Waals surface area contributed by atoms with Crippen LogP contribution >= 0.6 is 0 Å². The van der Waals surface area contributed by atoms with Gasteiger partial charge in [-0.15, -0.1) is 0 Å². The van der Waals surface area contributed by atoms with Crippen molar-refractivity contribution < 1.29 is 18.3 Å². The van der Waals surface area contributed by atoms with Crippen LogP contribution in [0.5, 0.6) is 0 Å². The molecule has 9 heteroatoms. The topological polar surface area (TPSA) is 83.0 Å². The summed E-state index contributed by atoms with van der Waals surface area (Å²) in [7, 11) is 0. The van der Waals surface area contributed by atoms with Crippen LogP contribution in [0.3, 0.4) is 0 Å². The molecule has 0 spiro atoms. The summed E-state index contributed by atoms with van der Waals surface area (Å²) in [5.74, 6) is 0. The van der Waals surface area contributed by atoms with Crippen LogP contribution in [0, 0.1) is 6.92 Å². The van der Waals surface area contributed by atoms with Crippen LogP contribution in [-0.4, -0.2) is 39.7 Å². The van der Waals surface area contributed by atoms with Gasteiger partial charge in [0.1, 0.15) is 5.69 Å². The van der Waals surface area contributed by atoms with Crippen molar-refractivity contribution in [1.29, 1.82) is 0 Å². The van der Waals surface area contributed by atoms with E-state index in [1.54, 1.807) is 24.5 Å². The van der Waals surface area contributed by atoms with Crippen LogP contribution in [-0.2, 0) is 6.18 Å². The average molecular weight is 508 g/mol. The first kappa shape index (κ1) is 26.4. The number of aromatic nitrogens is 3. The van der Waals surface area contributed by atoms with Crippen molar-refractivity contribution in [3.05, 3.63) is 113 Å². The van der Waals surface area contributed by atoms with E-state index in [1.165, 1.54) is 6.07 Å². The number of benzene rings is 1. The molecule has 0 saturated heterocycles. The maximum absolute atomic E-state index is 13.5. The number of nitrogens with zero attached hydrogens (tertiary/aromatic N) is 3. The van der Waals surface area contributed by atoms with Crippen molar-refractivity contribution in [2.45, 2.75) is 25.2 Å². The minimum absolute atomic E-state index is 0.0775. The monoisotopic (exact) mass is 507 g/mol. The van der Waals surface area contributed by atoms with Gasteiger partial charge in [-0.25, -0.2) is 4.98 Å². The lowest BCUT2D eigenvalue weighted by molar-refractivity contribution is -0.141. The molecule has 0 fully saturated rings. The van der Waals surface area contributed by atoms with Crippen LogP contribution in [0.15, 0.2) is 85.2 Å². The van der Waals surface area contributed by atoms with Gasteiger partial charge in [0.25, 0.3) is 0 Å². The molecule has 1 aromatic carbocycles. The first-order valence-electron chi connectivity index (χ1n) is 11.9. The summed E-state index contributed by atoms with van der Waals surface area (Å²) in [6.07, 6.45) is -2.33. The maximum Gasteiger partial charge on any atom is 0.433 e. The number of hydrogen-bond donors (Lipinski definition) is 3. The number of aliphatic hydroxyl groups is 1. The molecule has 6 nitrogen and oxygen atoms in total. The van der Waals surface area contributed by atoms with Crippen LogP contribution in [0.25, 0.3) is 11.3 Å². The Morgan fingerprint density at radius 1 is 0.865 bits per heavy atom. The minimum atomic E-state index is -4.63. The molecule has 4 rings (SSSR count). The van der Waals surface area contributed by atoms with Gasteiger partial charge in [-0.05, 0) is 48.9 Å². The highest BCUT2D eigenvalue weighted by Crippen LogP contribution is 2.32. The lowest BCUT2D eigenvalue weighted by atomic mass is 10.0. The third-order valence-electron chi connectivity index (χ3n) is 5.83. The van der Waals surface area contributed by atoms with Gasteiger partial charge in [0.15, 0.2) is 0 Å². The highest BCUT2D eigenvalue weighted by Gasteiger charge is 2.34. The van der Waals surface area contributed by atoms with Crippen LogP contribution in [0.1, 0.15) is 40.4 Å². The molecule has 0 unspecified atom stereocenters. The van der Waals surface area contributed by atoms with Crippen LogP contribution in [0.2, 0.25) is 0 Å². The molecular formula is C28H28F3N5O. The molecule has 4 aromatic rings. The van der Waals surface area contributed by atoms with Gasteiger partial charge in [-0.3, -0.25) is 9.97 Å². The number of hydrogen-bond acceptors (Lipinski definition) is 6. The number of pyridine rings is 3. The fraction of sp³-hybridized carbons (Fsp3) is 0.250. The summed E-state index contributed by atoms with van der Waals surface area (Å²) in [5.41, 5.74) is 2.47. The highest BCUT2D eigenvalue weighted by atomic mass is 19.4. The summed E-state index contributed by atoms with van der Waals surface area (Å²) in [6.45, 7) is 2.96. The second-order valence-electron chi connectivity index (χ2n) is 8.65. The Labute approximate surface area is 213 Å². The Balaban J connectivity index is 1.40. The maximum atomic E-state index is 13.5. The molecule has 0 aliphatic heterocycles. The molecule has 0 bridgehead atoms. The Morgan fingerprint density at radius 2 is 1.51 bits per heavy atom. The molecule has 0 amide bonds. The number of nitrogens with one attached hydrogen (secondary N) is 2. The second-order valence-corrected chi connectivity index (χ2v) is 8.65. The van der Waals surface area contributed by atoms with E-state index in [9.17, 15) is 18.3 Å². The van der Waals surface area contributed by atoms with E-state index in [2.05, 4.69) is 25.6 Å². The fourth-order valence-corrected chi connectivity index (χ4v) is 3.88. The number of rotatable bonds is 10. The smallest absolute Gasteiger partial charge is 0.387 e. The van der Waals surface area contributed by atoms with Crippen molar-refractivity contribution in [3.8, 4) is 11.3 Å². The van der Waals surface area contributed by atoms with Crippen molar-refractivity contribution >= 4 is 0 Å². The molecule has 3 aromatic heterocycles. The molecule has 3 N–H and O–H groups in total. The van der Waals surface area contributed by atoms with Crippen LogP contribution < -0.4 is 10.6 Å². The van der Waals surface area contributed by atoms with Crippen LogP contribution in [0.4, 0.5) is 13.2 Å². The molecule has 192 valence electrons. The van der Waals surface area contributed by atoms with E-state index in [1.807, 2.05) is 55.5 Å². The van der Waals surface area contributed by atoms with E-state index in [0.29, 0.717) is 18.7 Å². The van der Waals surface area contributed by atoms with E-state index in [0.717, 1.165) is 23.0 Å². The van der Waals surface area contributed by atoms with Crippen molar-refractivity contribution in [1.82, 2.24) is 25.6 Å². The SMILES string of the molecule is Cc1ccc(-c2cc([C@@H](O)CNCCNC(c3ccccn3)c3ccccn3)cc(C(F)(F)F)n2)cc1. The zero-order valence-electron chi connectivity index (χ0n) is 20.3. The van der Waals surface area contributed by atoms with Gasteiger partial charge < -0.3 is 15.7 Å². The normalized spacial score (nSPS) is 12.6. The molecule has 1 atom stereocenters. The van der Waals surface area contributed by atoms with Gasteiger partial charge in [0.05, 0.1) is 29.2 Å². The average Bonchev–Trinajstić information content (AvgIpc) is 2.91. The zero-order chi connectivity index (χ0) is 26.3. The third-order valence-corrected chi connectivity index (χ3v) is 5.83. The molecule has 0 radical (unpaired) electrons. The molecule has 0 aliphatic carbocycles. The summed E-state index contributed by atoms with van der Waals surface area (Å²) in [6, 6.07) is 20.6. The Kier molecular flexibility index (Phi) is 8.60. The van der Waals surface area contributed by atoms with Gasteiger partial charge >= 0.3 is 6.18 Å². The molecule has 37 heavy (non-hydrogen) atoms. The summed E-state index contributed by atoms with van der Waals surface area (Å²) >= 11 is 0. The predicted molar refractivity (Wildman–Crippen MR) is 136 cm³/mol. The number of halogens is 3. The second kappa shape index (κ2) is 12.1. The van der Waals surface area contributed by atoms with E-state index < -0.39 is 18.0 Å². The zero-order valence-corrected chi connectivity index (χ0v) is 20.3. The quantitative estimate of drug-likeness (QED) is 0.266. The first-order chi connectivity index (χ1) is 17.8. The lowest BCUT2D eigenvalue weighted by Gasteiger charge is -2.19. The van der Waals surface area contributed by atoms with Crippen molar-refractivity contribution in [3.63, 3.8) is 0 Å². The van der Waals surface area contributed by atoms with Gasteiger partial charge in [-0.1, -0.05) is 42.0 Å². The van der Waals surface area contributed by atoms with E-state index in [-0.39, 0.29) is 23.8 Å². The largest absolute Gasteiger partial charge is 0.433 e. The number of alkyl halides is 3. The first-order valence-corrected chi connectivity index (χ1v) is 11.9. The lowest BCUT2D eigenvalue weighted by Crippen LogP contribution is -2.33. The van der Waals surface area contributed by atoms with Crippen molar-refractivity contribution in [2.24, 2.45) is 0 Å². The van der Waals surface area contributed by atoms with E-state index >= 15 is 0 Å². The Hall–Kier alpha value is -3.66. The van der Waals surface area contributed by atoms with E-state index in [4.69, 9.17) is 0 Å². The molecule has 3 heterocycles. The fourth-order valence-electron chi connectivity index (χ4n) is 3.88. The number of aliphatic hydroxyl groups excluding tert-OH is 1.